The van der Waals surface area contributed by atoms with Crippen molar-refractivity contribution >= 4 is 11.6 Å². The number of nitrogens with zero attached hydrogens (tertiary/aromatic N) is 3. The summed E-state index contributed by atoms with van der Waals surface area (Å²) in [5, 5.41) is 5.60. The molecule has 1 aliphatic heterocycles. The number of nitrogens with one attached hydrogen (secondary N) is 2. The van der Waals surface area contributed by atoms with Crippen LogP contribution in [-0.2, 0) is 17.4 Å². The van der Waals surface area contributed by atoms with E-state index in [-0.39, 0.29) is 17.4 Å². The molecule has 174 valence electrons. The highest BCUT2D eigenvalue weighted by atomic mass is 19.4. The minimum absolute atomic E-state index is 0.00710. The lowest BCUT2D eigenvalue weighted by Gasteiger charge is -2.20. The molecule has 0 radical (unpaired) electrons. The fourth-order valence-corrected chi connectivity index (χ4v) is 3.78. The van der Waals surface area contributed by atoms with Crippen LogP contribution in [0.25, 0.3) is 5.82 Å². The zero-order valence-corrected chi connectivity index (χ0v) is 17.3. The number of piperidine rings is 1. The molecular weight excluding hydrogens is 445 g/mol. The van der Waals surface area contributed by atoms with E-state index >= 15 is 0 Å². The summed E-state index contributed by atoms with van der Waals surface area (Å²) in [4.78, 5) is 20.6. The second kappa shape index (κ2) is 9.26. The van der Waals surface area contributed by atoms with Crippen molar-refractivity contribution in [3.05, 3.63) is 71.4 Å². The Balaban J connectivity index is 1.45. The number of imidazole rings is 1. The molecule has 3 heterocycles. The third-order valence-electron chi connectivity index (χ3n) is 5.45. The van der Waals surface area contributed by atoms with Crippen LogP contribution in [0.2, 0.25) is 0 Å². The van der Waals surface area contributed by atoms with Crippen LogP contribution in [0.4, 0.5) is 27.6 Å². The molecule has 0 aliphatic carbocycles. The third-order valence-corrected chi connectivity index (χ3v) is 5.45. The Kier molecular flexibility index (Phi) is 6.41. The van der Waals surface area contributed by atoms with Gasteiger partial charge in [-0.3, -0.25) is 9.36 Å². The first-order chi connectivity index (χ1) is 15.7. The van der Waals surface area contributed by atoms with Crippen molar-refractivity contribution in [2.45, 2.75) is 31.4 Å². The number of rotatable bonds is 5. The van der Waals surface area contributed by atoms with Gasteiger partial charge in [-0.1, -0.05) is 12.1 Å². The number of aromatic nitrogens is 3. The normalized spacial score (nSPS) is 14.9. The number of halogens is 5. The van der Waals surface area contributed by atoms with E-state index in [1.165, 1.54) is 17.1 Å². The molecule has 0 atom stereocenters. The third kappa shape index (κ3) is 5.19. The molecule has 1 fully saturated rings. The van der Waals surface area contributed by atoms with Crippen molar-refractivity contribution in [3.8, 4) is 5.82 Å². The molecular formula is C22H20F5N5O. The number of anilines is 1. The maximum atomic E-state index is 14.7. The Morgan fingerprint density at radius 2 is 1.94 bits per heavy atom. The van der Waals surface area contributed by atoms with Gasteiger partial charge in [-0.15, -0.1) is 0 Å². The summed E-state index contributed by atoms with van der Waals surface area (Å²) in [5.74, 6) is -2.77. The van der Waals surface area contributed by atoms with Gasteiger partial charge in [0.15, 0.2) is 11.6 Å². The molecule has 0 bridgehead atoms. The van der Waals surface area contributed by atoms with Crippen LogP contribution in [0.15, 0.2) is 43.0 Å². The number of amides is 1. The van der Waals surface area contributed by atoms with E-state index in [0.29, 0.717) is 6.07 Å². The lowest BCUT2D eigenvalue weighted by molar-refractivity contribution is -0.140. The number of hydrogen-bond donors (Lipinski definition) is 2. The van der Waals surface area contributed by atoms with E-state index in [2.05, 4.69) is 20.6 Å². The van der Waals surface area contributed by atoms with Gasteiger partial charge in [0.1, 0.15) is 12.1 Å². The molecule has 1 amide bonds. The van der Waals surface area contributed by atoms with E-state index in [0.717, 1.165) is 49.8 Å². The molecule has 33 heavy (non-hydrogen) atoms. The summed E-state index contributed by atoms with van der Waals surface area (Å²) in [6.45, 7) is 1.78. The molecule has 0 unspecified atom stereocenters. The van der Waals surface area contributed by atoms with Crippen LogP contribution in [-0.4, -0.2) is 33.5 Å². The Labute approximate surface area is 185 Å². The van der Waals surface area contributed by atoms with E-state index < -0.39 is 41.3 Å². The standard InChI is InChI=1S/C22H20F5N5O/c23-17-9-15(31-19(33)8-14-2-1-3-16(20(14)24)22(25,26)27)10-29-21(17)32-11-18(30-12-32)13-4-6-28-7-5-13/h1-3,9-13,28H,4-8H2,(H,31,33). The highest BCUT2D eigenvalue weighted by molar-refractivity contribution is 5.92. The Bertz CT molecular complexity index is 1150. The summed E-state index contributed by atoms with van der Waals surface area (Å²) in [6, 6.07) is 3.74. The summed E-state index contributed by atoms with van der Waals surface area (Å²) in [7, 11) is 0. The second-order valence-corrected chi connectivity index (χ2v) is 7.76. The first-order valence-electron chi connectivity index (χ1n) is 10.3. The van der Waals surface area contributed by atoms with Crippen LogP contribution in [0.3, 0.4) is 0 Å². The van der Waals surface area contributed by atoms with E-state index in [4.69, 9.17) is 0 Å². The molecule has 1 saturated heterocycles. The molecule has 4 rings (SSSR count). The maximum absolute atomic E-state index is 14.7. The first kappa shape index (κ1) is 22.8. The average molecular weight is 465 g/mol. The Hall–Kier alpha value is -3.34. The molecule has 6 nitrogen and oxygen atoms in total. The van der Waals surface area contributed by atoms with Gasteiger partial charge in [-0.25, -0.2) is 18.7 Å². The van der Waals surface area contributed by atoms with Crippen molar-refractivity contribution < 1.29 is 26.7 Å². The molecule has 11 heteroatoms. The van der Waals surface area contributed by atoms with Gasteiger partial charge in [0.2, 0.25) is 5.91 Å². The zero-order valence-electron chi connectivity index (χ0n) is 17.3. The van der Waals surface area contributed by atoms with E-state index in [1.54, 1.807) is 6.20 Å². The Morgan fingerprint density at radius 3 is 2.64 bits per heavy atom. The molecule has 0 saturated carbocycles. The first-order valence-corrected chi connectivity index (χ1v) is 10.3. The number of carbonyl (C=O) groups is 1. The molecule has 1 aliphatic rings. The fourth-order valence-electron chi connectivity index (χ4n) is 3.78. The number of alkyl halides is 3. The monoisotopic (exact) mass is 465 g/mol. The molecule has 3 aromatic rings. The predicted octanol–water partition coefficient (Wildman–Crippen LogP) is 4.21. The molecule has 1 aromatic carbocycles. The predicted molar refractivity (Wildman–Crippen MR) is 110 cm³/mol. The van der Waals surface area contributed by atoms with E-state index in [1.807, 2.05) is 0 Å². The molecule has 0 spiro atoms. The van der Waals surface area contributed by atoms with Crippen molar-refractivity contribution in [2.24, 2.45) is 0 Å². The van der Waals surface area contributed by atoms with Gasteiger partial charge in [-0.2, -0.15) is 13.2 Å². The van der Waals surface area contributed by atoms with Gasteiger partial charge in [-0.05, 0) is 37.6 Å². The number of pyridine rings is 1. The van der Waals surface area contributed by atoms with Crippen LogP contribution in [0.5, 0.6) is 0 Å². The quantitative estimate of drug-likeness (QED) is 0.554. The molecule has 2 aromatic heterocycles. The lowest BCUT2D eigenvalue weighted by Crippen LogP contribution is -2.26. The Morgan fingerprint density at radius 1 is 1.18 bits per heavy atom. The SMILES string of the molecule is O=C(Cc1cccc(C(F)(F)F)c1F)Nc1cnc(-n2cnc(C3CCNCC3)c2)c(F)c1. The van der Waals surface area contributed by atoms with Crippen molar-refractivity contribution in [1.82, 2.24) is 19.9 Å². The van der Waals surface area contributed by atoms with Crippen molar-refractivity contribution in [1.29, 1.82) is 0 Å². The van der Waals surface area contributed by atoms with E-state index in [9.17, 15) is 26.7 Å². The van der Waals surface area contributed by atoms with Crippen LogP contribution >= 0.6 is 0 Å². The highest BCUT2D eigenvalue weighted by Crippen LogP contribution is 2.32. The van der Waals surface area contributed by atoms with Gasteiger partial charge in [0.05, 0.1) is 29.6 Å². The highest BCUT2D eigenvalue weighted by Gasteiger charge is 2.35. The number of hydrogen-bond acceptors (Lipinski definition) is 4. The van der Waals surface area contributed by atoms with Gasteiger partial charge >= 0.3 is 6.18 Å². The van der Waals surface area contributed by atoms with Crippen molar-refractivity contribution in [2.75, 3.05) is 18.4 Å². The minimum Gasteiger partial charge on any atom is -0.324 e. The summed E-state index contributed by atoms with van der Waals surface area (Å²) < 4.78 is 68.8. The smallest absolute Gasteiger partial charge is 0.324 e. The van der Waals surface area contributed by atoms with Gasteiger partial charge in [0, 0.05) is 18.2 Å². The zero-order chi connectivity index (χ0) is 23.6. The van der Waals surface area contributed by atoms with Crippen LogP contribution < -0.4 is 10.6 Å². The maximum Gasteiger partial charge on any atom is 0.419 e. The largest absolute Gasteiger partial charge is 0.419 e. The topological polar surface area (TPSA) is 71.8 Å². The van der Waals surface area contributed by atoms with Gasteiger partial charge in [0.25, 0.3) is 0 Å². The average Bonchev–Trinajstić information content (AvgIpc) is 3.25. The fraction of sp³-hybridized carbons (Fsp3) is 0.318. The minimum atomic E-state index is -4.87. The lowest BCUT2D eigenvalue weighted by atomic mass is 9.95. The summed E-state index contributed by atoms with van der Waals surface area (Å²) in [6.07, 6.45) is 0.742. The van der Waals surface area contributed by atoms with Crippen molar-refractivity contribution in [3.63, 3.8) is 0 Å². The summed E-state index contributed by atoms with van der Waals surface area (Å²) in [5.41, 5.74) is -1.03. The number of benzene rings is 1. The molecule has 2 N–H and O–H groups in total. The van der Waals surface area contributed by atoms with Crippen LogP contribution in [0, 0.1) is 11.6 Å². The second-order valence-electron chi connectivity index (χ2n) is 7.76. The van der Waals surface area contributed by atoms with Gasteiger partial charge < -0.3 is 10.6 Å². The summed E-state index contributed by atoms with van der Waals surface area (Å²) >= 11 is 0. The van der Waals surface area contributed by atoms with Crippen LogP contribution in [0.1, 0.15) is 35.6 Å². The number of carbonyl (C=O) groups excluding carboxylic acids is 1.